The van der Waals surface area contributed by atoms with Crippen LogP contribution < -0.4 is 14.8 Å². The second-order valence-corrected chi connectivity index (χ2v) is 11.6. The number of anilines is 1. The normalized spacial score (nSPS) is 17.4. The van der Waals surface area contributed by atoms with Gasteiger partial charge in [-0.15, -0.1) is 10.2 Å². The molecule has 0 radical (unpaired) electrons. The lowest BCUT2D eigenvalue weighted by Gasteiger charge is -2.40. The quantitative estimate of drug-likeness (QED) is 0.196. The molecule has 0 bridgehead atoms. The number of benzene rings is 1. The van der Waals surface area contributed by atoms with Gasteiger partial charge in [-0.3, -0.25) is 14.4 Å². The molecule has 1 aromatic carbocycles. The molecule has 0 saturated carbocycles. The van der Waals surface area contributed by atoms with Crippen LogP contribution in [0.4, 0.5) is 23.2 Å². The summed E-state index contributed by atoms with van der Waals surface area (Å²) in [6, 6.07) is 5.44. The molecule has 1 N–H and O–H groups in total. The smallest absolute Gasteiger partial charge is 0.387 e. The SMILES string of the molecule is CN1CCC[C@@H]1CN1CC(n2nnc(Cn3cc(NC(=O)c4cnn5cccnc45)c(-c4cc(OC(F)F)ccc4OC(F)F)n3)n2)C1. The number of hydrogen-bond donors (Lipinski definition) is 1. The molecule has 19 heteroatoms. The number of tetrazole rings is 1. The number of halogens is 4. The van der Waals surface area contributed by atoms with E-state index in [4.69, 9.17) is 0 Å². The molecule has 7 rings (SSSR count). The summed E-state index contributed by atoms with van der Waals surface area (Å²) < 4.78 is 64.9. The Kier molecular flexibility index (Phi) is 8.61. The third kappa shape index (κ3) is 6.63. The highest BCUT2D eigenvalue weighted by Crippen LogP contribution is 2.38. The van der Waals surface area contributed by atoms with Crippen LogP contribution >= 0.6 is 0 Å². The molecule has 15 nitrogen and oxygen atoms in total. The third-order valence-corrected chi connectivity index (χ3v) is 8.36. The maximum absolute atomic E-state index is 13.4. The topological polar surface area (TPSA) is 146 Å². The fourth-order valence-electron chi connectivity index (χ4n) is 6.00. The Balaban J connectivity index is 1.16. The number of rotatable bonds is 12. The zero-order valence-electron chi connectivity index (χ0n) is 25.5. The van der Waals surface area contributed by atoms with E-state index in [1.165, 1.54) is 40.6 Å². The summed E-state index contributed by atoms with van der Waals surface area (Å²) in [6.45, 7) is -2.73. The van der Waals surface area contributed by atoms with Crippen LogP contribution in [0.25, 0.3) is 16.9 Å². The summed E-state index contributed by atoms with van der Waals surface area (Å²) in [4.78, 5) is 23.9. The fourth-order valence-corrected chi connectivity index (χ4v) is 6.00. The first-order valence-electron chi connectivity index (χ1n) is 15.1. The van der Waals surface area contributed by atoms with E-state index in [-0.39, 0.29) is 52.2 Å². The molecular weight excluding hydrogens is 640 g/mol. The Morgan fingerprint density at radius 1 is 1.12 bits per heavy atom. The molecule has 0 unspecified atom stereocenters. The maximum Gasteiger partial charge on any atom is 0.387 e. The number of amides is 1. The van der Waals surface area contributed by atoms with Gasteiger partial charge in [-0.2, -0.15) is 32.6 Å². The van der Waals surface area contributed by atoms with Gasteiger partial charge < -0.3 is 19.7 Å². The molecule has 2 saturated heterocycles. The van der Waals surface area contributed by atoms with E-state index in [0.717, 1.165) is 44.4 Å². The van der Waals surface area contributed by atoms with Crippen LogP contribution in [0, 0.1) is 0 Å². The third-order valence-electron chi connectivity index (χ3n) is 8.36. The second-order valence-electron chi connectivity index (χ2n) is 11.6. The second kappa shape index (κ2) is 13.1. The van der Waals surface area contributed by atoms with Crippen molar-refractivity contribution >= 4 is 17.2 Å². The number of likely N-dealkylation sites (N-methyl/N-ethyl adjacent to an activating group) is 1. The summed E-state index contributed by atoms with van der Waals surface area (Å²) in [5, 5.41) is 24.2. The summed E-state index contributed by atoms with van der Waals surface area (Å²) in [7, 11) is 2.15. The minimum Gasteiger partial charge on any atom is -0.435 e. The van der Waals surface area contributed by atoms with Crippen LogP contribution in [0.15, 0.2) is 49.1 Å². The van der Waals surface area contributed by atoms with E-state index in [1.807, 2.05) is 0 Å². The van der Waals surface area contributed by atoms with Crippen LogP contribution in [0.3, 0.4) is 0 Å². The van der Waals surface area contributed by atoms with E-state index in [1.54, 1.807) is 17.1 Å². The van der Waals surface area contributed by atoms with Gasteiger partial charge in [0, 0.05) is 44.3 Å². The van der Waals surface area contributed by atoms with Crippen LogP contribution in [0.2, 0.25) is 0 Å². The van der Waals surface area contributed by atoms with Gasteiger partial charge in [0.05, 0.1) is 23.5 Å². The standard InChI is InChI=1S/C29H30F4N12O3/c1-41-8-2-4-17(41)12-42-13-18(14-42)45-38-24(37-40-45)16-43-15-22(36-27(46)21-11-35-44-9-3-7-34-26(21)44)25(39-43)20-10-19(47-28(30)31)5-6-23(20)48-29(32)33/h3,5-7,9-11,15,17-18,28-29H,2,4,8,12-14,16H2,1H3,(H,36,46)/t17-/m1/s1. The molecule has 48 heavy (non-hydrogen) atoms. The van der Waals surface area contributed by atoms with Crippen molar-refractivity contribution in [3.63, 3.8) is 0 Å². The highest BCUT2D eigenvalue weighted by atomic mass is 19.3. The molecule has 5 aromatic rings. The van der Waals surface area contributed by atoms with Crippen LogP contribution in [-0.2, 0) is 6.54 Å². The summed E-state index contributed by atoms with van der Waals surface area (Å²) in [6.07, 6.45) is 8.26. The molecule has 2 aliphatic rings. The number of likely N-dealkylation sites (tertiary alicyclic amines) is 2. The Labute approximate surface area is 270 Å². The number of carbonyl (C=O) groups excluding carboxylic acids is 1. The number of carbonyl (C=O) groups is 1. The van der Waals surface area contributed by atoms with Crippen LogP contribution in [-0.4, -0.2) is 113 Å². The summed E-state index contributed by atoms with van der Waals surface area (Å²) >= 11 is 0. The predicted molar refractivity (Wildman–Crippen MR) is 160 cm³/mol. The molecule has 1 atom stereocenters. The number of alkyl halides is 4. The molecule has 2 fully saturated rings. The zero-order chi connectivity index (χ0) is 33.4. The minimum atomic E-state index is -3.24. The Hall–Kier alpha value is -5.17. The van der Waals surface area contributed by atoms with Gasteiger partial charge in [-0.25, -0.2) is 9.50 Å². The van der Waals surface area contributed by atoms with Crippen molar-refractivity contribution in [1.82, 2.24) is 54.4 Å². The monoisotopic (exact) mass is 670 g/mol. The molecule has 4 aromatic heterocycles. The number of hydrogen-bond acceptors (Lipinski definition) is 11. The number of nitrogens with one attached hydrogen (secondary N) is 1. The van der Waals surface area contributed by atoms with Crippen molar-refractivity contribution in [2.24, 2.45) is 0 Å². The predicted octanol–water partition coefficient (Wildman–Crippen LogP) is 3.03. The van der Waals surface area contributed by atoms with Gasteiger partial charge in [0.15, 0.2) is 11.5 Å². The average molecular weight is 671 g/mol. The lowest BCUT2D eigenvalue weighted by atomic mass is 10.1. The van der Waals surface area contributed by atoms with Gasteiger partial charge in [-0.1, -0.05) is 0 Å². The molecule has 2 aliphatic heterocycles. The molecule has 1 amide bonds. The number of fused-ring (bicyclic) bond motifs is 1. The van der Waals surface area contributed by atoms with Crippen molar-refractivity contribution in [2.75, 3.05) is 38.5 Å². The van der Waals surface area contributed by atoms with Crippen molar-refractivity contribution in [3.05, 3.63) is 60.4 Å². The number of aromatic nitrogens is 9. The lowest BCUT2D eigenvalue weighted by molar-refractivity contribution is -0.0526. The Bertz CT molecular complexity index is 1910. The van der Waals surface area contributed by atoms with Gasteiger partial charge in [-0.05, 0) is 55.9 Å². The molecule has 0 aliphatic carbocycles. The van der Waals surface area contributed by atoms with E-state index >= 15 is 0 Å². The summed E-state index contributed by atoms with van der Waals surface area (Å²) in [5.74, 6) is -1.05. The van der Waals surface area contributed by atoms with Crippen LogP contribution in [0.5, 0.6) is 11.5 Å². The highest BCUT2D eigenvalue weighted by molar-refractivity contribution is 6.09. The van der Waals surface area contributed by atoms with Gasteiger partial charge in [0.1, 0.15) is 29.3 Å². The van der Waals surface area contributed by atoms with E-state index < -0.39 is 19.1 Å². The van der Waals surface area contributed by atoms with Gasteiger partial charge in [0.2, 0.25) is 0 Å². The van der Waals surface area contributed by atoms with E-state index in [9.17, 15) is 22.4 Å². The zero-order valence-corrected chi connectivity index (χ0v) is 25.5. The number of nitrogens with zero attached hydrogens (tertiary/aromatic N) is 11. The minimum absolute atomic E-state index is 0.0112. The lowest BCUT2D eigenvalue weighted by Crippen LogP contribution is -2.52. The first-order chi connectivity index (χ1) is 23.2. The van der Waals surface area contributed by atoms with Gasteiger partial charge in [0.25, 0.3) is 5.91 Å². The molecule has 6 heterocycles. The Morgan fingerprint density at radius 2 is 1.96 bits per heavy atom. The maximum atomic E-state index is 13.4. The molecule has 0 spiro atoms. The highest BCUT2D eigenvalue weighted by Gasteiger charge is 2.34. The van der Waals surface area contributed by atoms with Crippen LogP contribution in [0.1, 0.15) is 35.1 Å². The largest absolute Gasteiger partial charge is 0.435 e. The first kappa shape index (κ1) is 31.4. The molecule has 252 valence electrons. The summed E-state index contributed by atoms with van der Waals surface area (Å²) in [5.41, 5.74) is 0.222. The van der Waals surface area contributed by atoms with Crippen molar-refractivity contribution in [3.8, 4) is 22.8 Å². The average Bonchev–Trinajstić information content (AvgIpc) is 3.83. The Morgan fingerprint density at radius 3 is 2.73 bits per heavy atom. The van der Waals surface area contributed by atoms with E-state index in [0.29, 0.717) is 11.9 Å². The molecular formula is C29H30F4N12O3. The number of ether oxygens (including phenoxy) is 2. The van der Waals surface area contributed by atoms with Crippen molar-refractivity contribution in [1.29, 1.82) is 0 Å². The van der Waals surface area contributed by atoms with E-state index in [2.05, 4.69) is 62.2 Å². The first-order valence-corrected chi connectivity index (χ1v) is 15.1. The van der Waals surface area contributed by atoms with Crippen molar-refractivity contribution in [2.45, 2.75) is 44.7 Å². The van der Waals surface area contributed by atoms with Crippen molar-refractivity contribution < 1.29 is 31.8 Å². The van der Waals surface area contributed by atoms with Gasteiger partial charge >= 0.3 is 13.2 Å². The fraction of sp³-hybridized carbons (Fsp3) is 0.414.